The number of esters is 1. The average Bonchev–Trinajstić information content (AvgIpc) is 2.34. The van der Waals surface area contributed by atoms with Crippen molar-refractivity contribution in [3.63, 3.8) is 0 Å². The standard InChI is InChI=1S/C13H24O4/c1-2-3-4-5-6-7-8-9-13(16)17-11-12(15)10-14/h14H,2-11H2,1H3. The number of hydrogen-bond donors (Lipinski definition) is 1. The van der Waals surface area contributed by atoms with E-state index < -0.39 is 12.4 Å². The first-order chi connectivity index (χ1) is 8.20. The molecular weight excluding hydrogens is 220 g/mol. The summed E-state index contributed by atoms with van der Waals surface area (Å²) >= 11 is 0. The molecule has 0 amide bonds. The molecule has 0 aromatic rings. The maximum atomic E-state index is 11.1. The van der Waals surface area contributed by atoms with Gasteiger partial charge in [0.15, 0.2) is 12.4 Å². The molecule has 0 aliphatic heterocycles. The molecule has 0 spiro atoms. The predicted molar refractivity (Wildman–Crippen MR) is 65.7 cm³/mol. The molecule has 0 rings (SSSR count). The highest BCUT2D eigenvalue weighted by Gasteiger charge is 2.05. The largest absolute Gasteiger partial charge is 0.458 e. The molecule has 0 bridgehead atoms. The summed E-state index contributed by atoms with van der Waals surface area (Å²) in [5.41, 5.74) is 0. The molecule has 0 aromatic heterocycles. The Morgan fingerprint density at radius 1 is 1.00 bits per heavy atom. The highest BCUT2D eigenvalue weighted by molar-refractivity contribution is 5.83. The van der Waals surface area contributed by atoms with Crippen LogP contribution in [0.15, 0.2) is 0 Å². The van der Waals surface area contributed by atoms with Crippen molar-refractivity contribution in [3.8, 4) is 0 Å². The van der Waals surface area contributed by atoms with E-state index in [1.807, 2.05) is 0 Å². The maximum Gasteiger partial charge on any atom is 0.306 e. The lowest BCUT2D eigenvalue weighted by Gasteiger charge is -2.03. The van der Waals surface area contributed by atoms with Gasteiger partial charge in [-0.05, 0) is 6.42 Å². The van der Waals surface area contributed by atoms with Gasteiger partial charge in [-0.2, -0.15) is 0 Å². The van der Waals surface area contributed by atoms with E-state index in [2.05, 4.69) is 6.92 Å². The number of rotatable bonds is 11. The Balaban J connectivity index is 3.25. The van der Waals surface area contributed by atoms with Crippen LogP contribution in [0.25, 0.3) is 0 Å². The molecule has 0 saturated carbocycles. The fourth-order valence-electron chi connectivity index (χ4n) is 1.51. The summed E-state index contributed by atoms with van der Waals surface area (Å²) in [7, 11) is 0. The normalized spacial score (nSPS) is 10.2. The van der Waals surface area contributed by atoms with Crippen molar-refractivity contribution in [2.24, 2.45) is 0 Å². The van der Waals surface area contributed by atoms with Crippen LogP contribution in [-0.2, 0) is 14.3 Å². The van der Waals surface area contributed by atoms with Gasteiger partial charge in [0.2, 0.25) is 0 Å². The van der Waals surface area contributed by atoms with Crippen LogP contribution in [0.3, 0.4) is 0 Å². The lowest BCUT2D eigenvalue weighted by atomic mass is 10.1. The van der Waals surface area contributed by atoms with Gasteiger partial charge in [-0.15, -0.1) is 0 Å². The molecule has 0 heterocycles. The van der Waals surface area contributed by atoms with E-state index in [0.717, 1.165) is 19.3 Å². The van der Waals surface area contributed by atoms with Gasteiger partial charge in [0.1, 0.15) is 6.61 Å². The molecule has 0 unspecified atom stereocenters. The number of carbonyl (C=O) groups excluding carboxylic acids is 2. The number of aliphatic hydroxyl groups is 1. The van der Waals surface area contributed by atoms with Crippen LogP contribution in [-0.4, -0.2) is 30.1 Å². The molecule has 0 radical (unpaired) electrons. The minimum Gasteiger partial charge on any atom is -0.458 e. The fraction of sp³-hybridized carbons (Fsp3) is 0.846. The predicted octanol–water partition coefficient (Wildman–Crippen LogP) is 2.23. The SMILES string of the molecule is CCCCCCCCCC(=O)OCC(=O)CO. The highest BCUT2D eigenvalue weighted by Crippen LogP contribution is 2.08. The molecule has 0 atom stereocenters. The van der Waals surface area contributed by atoms with Crippen LogP contribution in [0.1, 0.15) is 58.3 Å². The van der Waals surface area contributed by atoms with Crippen LogP contribution >= 0.6 is 0 Å². The number of carbonyl (C=O) groups is 2. The van der Waals surface area contributed by atoms with Crippen molar-refractivity contribution in [2.75, 3.05) is 13.2 Å². The first kappa shape index (κ1) is 16.1. The molecule has 1 N–H and O–H groups in total. The Hall–Kier alpha value is -0.900. The molecule has 0 fully saturated rings. The Bertz CT molecular complexity index is 213. The second-order valence-corrected chi connectivity index (χ2v) is 4.23. The van der Waals surface area contributed by atoms with E-state index in [1.165, 1.54) is 25.7 Å². The first-order valence-corrected chi connectivity index (χ1v) is 6.49. The third-order valence-corrected chi connectivity index (χ3v) is 2.55. The zero-order valence-electron chi connectivity index (χ0n) is 10.7. The highest BCUT2D eigenvalue weighted by atomic mass is 16.5. The van der Waals surface area contributed by atoms with E-state index in [4.69, 9.17) is 9.84 Å². The van der Waals surface area contributed by atoms with Crippen LogP contribution in [0.2, 0.25) is 0 Å². The maximum absolute atomic E-state index is 11.1. The Morgan fingerprint density at radius 2 is 1.59 bits per heavy atom. The summed E-state index contributed by atoms with van der Waals surface area (Å²) in [6, 6.07) is 0. The van der Waals surface area contributed by atoms with Gasteiger partial charge in [-0.25, -0.2) is 0 Å². The van der Waals surface area contributed by atoms with Crippen LogP contribution in [0, 0.1) is 0 Å². The Kier molecular flexibility index (Phi) is 11.0. The minimum absolute atomic E-state index is 0.300. The molecule has 4 nitrogen and oxygen atoms in total. The molecule has 0 aliphatic carbocycles. The molecule has 4 heteroatoms. The summed E-state index contributed by atoms with van der Waals surface area (Å²) in [4.78, 5) is 21.8. The van der Waals surface area contributed by atoms with Crippen molar-refractivity contribution in [2.45, 2.75) is 58.3 Å². The van der Waals surface area contributed by atoms with Crippen LogP contribution in [0.5, 0.6) is 0 Å². The van der Waals surface area contributed by atoms with Gasteiger partial charge in [-0.1, -0.05) is 45.4 Å². The van der Waals surface area contributed by atoms with E-state index >= 15 is 0 Å². The molecular formula is C13H24O4. The van der Waals surface area contributed by atoms with Crippen molar-refractivity contribution >= 4 is 11.8 Å². The number of ketones is 1. The molecule has 0 aromatic carbocycles. The van der Waals surface area contributed by atoms with E-state index in [9.17, 15) is 9.59 Å². The minimum atomic E-state index is -0.565. The molecule has 0 saturated heterocycles. The van der Waals surface area contributed by atoms with E-state index in [0.29, 0.717) is 6.42 Å². The van der Waals surface area contributed by atoms with Crippen molar-refractivity contribution in [1.29, 1.82) is 0 Å². The average molecular weight is 244 g/mol. The lowest BCUT2D eigenvalue weighted by Crippen LogP contribution is -2.16. The Labute approximate surface area is 103 Å². The smallest absolute Gasteiger partial charge is 0.306 e. The number of unbranched alkanes of at least 4 members (excludes halogenated alkanes) is 6. The third kappa shape index (κ3) is 11.4. The van der Waals surface area contributed by atoms with Crippen LogP contribution < -0.4 is 0 Å². The molecule has 100 valence electrons. The van der Waals surface area contributed by atoms with E-state index in [-0.39, 0.29) is 12.6 Å². The molecule has 0 aliphatic rings. The quantitative estimate of drug-likeness (QED) is 0.447. The van der Waals surface area contributed by atoms with Gasteiger partial charge in [0.25, 0.3) is 0 Å². The summed E-state index contributed by atoms with van der Waals surface area (Å²) < 4.78 is 4.69. The van der Waals surface area contributed by atoms with E-state index in [1.54, 1.807) is 0 Å². The lowest BCUT2D eigenvalue weighted by molar-refractivity contribution is -0.148. The number of hydrogen-bond acceptors (Lipinski definition) is 4. The Morgan fingerprint density at radius 3 is 2.18 bits per heavy atom. The number of aliphatic hydroxyl groups excluding tert-OH is 1. The third-order valence-electron chi connectivity index (χ3n) is 2.55. The summed E-state index contributed by atoms with van der Waals surface area (Å²) in [6.07, 6.45) is 8.40. The summed E-state index contributed by atoms with van der Waals surface area (Å²) in [6.45, 7) is 1.32. The van der Waals surface area contributed by atoms with Crippen molar-refractivity contribution < 1.29 is 19.4 Å². The second kappa shape index (κ2) is 11.6. The molecule has 17 heavy (non-hydrogen) atoms. The number of ether oxygens (including phenoxy) is 1. The van der Waals surface area contributed by atoms with Gasteiger partial charge in [-0.3, -0.25) is 9.59 Å². The zero-order valence-corrected chi connectivity index (χ0v) is 10.7. The van der Waals surface area contributed by atoms with Crippen molar-refractivity contribution in [1.82, 2.24) is 0 Å². The van der Waals surface area contributed by atoms with Crippen LogP contribution in [0.4, 0.5) is 0 Å². The first-order valence-electron chi connectivity index (χ1n) is 6.49. The van der Waals surface area contributed by atoms with Gasteiger partial charge >= 0.3 is 5.97 Å². The monoisotopic (exact) mass is 244 g/mol. The van der Waals surface area contributed by atoms with Crippen molar-refractivity contribution in [3.05, 3.63) is 0 Å². The fourth-order valence-corrected chi connectivity index (χ4v) is 1.51. The summed E-state index contributed by atoms with van der Waals surface area (Å²) in [5.74, 6) is -0.807. The van der Waals surface area contributed by atoms with Gasteiger partial charge < -0.3 is 9.84 Å². The van der Waals surface area contributed by atoms with Gasteiger partial charge in [0, 0.05) is 6.42 Å². The zero-order chi connectivity index (χ0) is 12.9. The topological polar surface area (TPSA) is 63.6 Å². The summed E-state index contributed by atoms with van der Waals surface area (Å²) in [5, 5.41) is 8.42. The second-order valence-electron chi connectivity index (χ2n) is 4.23. The number of Topliss-reactive ketones (excluding diaryl/α,β-unsaturated/α-hetero) is 1. The van der Waals surface area contributed by atoms with Gasteiger partial charge in [0.05, 0.1) is 0 Å².